The van der Waals surface area contributed by atoms with Crippen LogP contribution in [0.5, 0.6) is 0 Å². The van der Waals surface area contributed by atoms with Crippen LogP contribution in [0.4, 0.5) is 22.7 Å². The van der Waals surface area contributed by atoms with Gasteiger partial charge in [0.25, 0.3) is 5.69 Å². The average molecular weight is 385 g/mol. The zero-order valence-corrected chi connectivity index (χ0v) is 13.9. The average Bonchev–Trinajstić information content (AvgIpc) is 2.66. The molecule has 4 N–H and O–H groups in total. The maximum absolute atomic E-state index is 12.7. The summed E-state index contributed by atoms with van der Waals surface area (Å²) in [4.78, 5) is 45.1. The molecule has 1 heterocycles. The van der Waals surface area contributed by atoms with E-state index in [9.17, 15) is 29.8 Å². The minimum absolute atomic E-state index is 0.199. The van der Waals surface area contributed by atoms with Crippen molar-refractivity contribution in [1.82, 2.24) is 14.9 Å². The van der Waals surface area contributed by atoms with E-state index in [4.69, 9.17) is 5.73 Å². The minimum Gasteiger partial charge on any atom is -0.398 e. The van der Waals surface area contributed by atoms with Crippen molar-refractivity contribution in [2.24, 2.45) is 0 Å². The van der Waals surface area contributed by atoms with Crippen LogP contribution in [0, 0.1) is 20.2 Å². The number of benzene rings is 2. The van der Waals surface area contributed by atoms with Gasteiger partial charge in [0.05, 0.1) is 15.9 Å². The van der Waals surface area contributed by atoms with Crippen LogP contribution in [-0.4, -0.2) is 24.7 Å². The highest BCUT2D eigenvalue weighted by atomic mass is 16.6. The molecule has 2 aromatic carbocycles. The zero-order valence-electron chi connectivity index (χ0n) is 13.9. The highest BCUT2D eigenvalue weighted by molar-refractivity contribution is 5.73. The summed E-state index contributed by atoms with van der Waals surface area (Å²) >= 11 is 0. The van der Waals surface area contributed by atoms with Crippen molar-refractivity contribution in [1.29, 1.82) is 0 Å². The SMILES string of the molecule is Nc1ccccc1-c1n[nH]c(=O)n(Nc2ccc([N+](=O)[O-])cc2[N+](=O)[O-])c1=O. The van der Waals surface area contributed by atoms with E-state index >= 15 is 0 Å². The highest BCUT2D eigenvalue weighted by Gasteiger charge is 2.21. The van der Waals surface area contributed by atoms with Gasteiger partial charge in [0.2, 0.25) is 0 Å². The van der Waals surface area contributed by atoms with Crippen molar-refractivity contribution >= 4 is 22.7 Å². The summed E-state index contributed by atoms with van der Waals surface area (Å²) < 4.78 is 0.461. The molecule has 0 aliphatic heterocycles. The smallest absolute Gasteiger partial charge is 0.364 e. The van der Waals surface area contributed by atoms with Gasteiger partial charge in [-0.3, -0.25) is 30.4 Å². The normalized spacial score (nSPS) is 10.4. The first-order chi connectivity index (χ1) is 13.3. The fourth-order valence-corrected chi connectivity index (χ4v) is 2.39. The van der Waals surface area contributed by atoms with Crippen LogP contribution in [0.1, 0.15) is 0 Å². The third-order valence-electron chi connectivity index (χ3n) is 3.71. The summed E-state index contributed by atoms with van der Waals surface area (Å²) in [5, 5.41) is 27.8. The number of nitrogen functional groups attached to an aromatic ring is 1. The number of anilines is 2. The van der Waals surface area contributed by atoms with Gasteiger partial charge in [0.1, 0.15) is 5.69 Å². The Hall–Kier alpha value is -4.55. The van der Waals surface area contributed by atoms with Crippen LogP contribution in [0.15, 0.2) is 52.1 Å². The Labute approximate surface area is 154 Å². The Morgan fingerprint density at radius 3 is 2.43 bits per heavy atom. The second-order valence-electron chi connectivity index (χ2n) is 5.43. The maximum Gasteiger partial charge on any atom is 0.364 e. The summed E-state index contributed by atoms with van der Waals surface area (Å²) in [5.74, 6) is 0. The third kappa shape index (κ3) is 3.26. The largest absolute Gasteiger partial charge is 0.398 e. The Balaban J connectivity index is 2.14. The molecule has 0 atom stereocenters. The molecule has 13 heteroatoms. The van der Waals surface area contributed by atoms with Gasteiger partial charge >= 0.3 is 16.9 Å². The molecule has 0 amide bonds. The van der Waals surface area contributed by atoms with Crippen LogP contribution < -0.4 is 22.4 Å². The quantitative estimate of drug-likeness (QED) is 0.324. The number of aromatic nitrogens is 3. The molecule has 0 saturated carbocycles. The molecule has 0 aliphatic carbocycles. The number of H-pyrrole nitrogens is 1. The monoisotopic (exact) mass is 385 g/mol. The Kier molecular flexibility index (Phi) is 4.55. The maximum atomic E-state index is 12.7. The molecule has 3 aromatic rings. The van der Waals surface area contributed by atoms with Crippen molar-refractivity contribution in [2.75, 3.05) is 11.2 Å². The van der Waals surface area contributed by atoms with E-state index in [-0.39, 0.29) is 22.6 Å². The van der Waals surface area contributed by atoms with E-state index in [1.54, 1.807) is 12.1 Å². The van der Waals surface area contributed by atoms with Crippen LogP contribution in [0.2, 0.25) is 0 Å². The summed E-state index contributed by atoms with van der Waals surface area (Å²) in [6.07, 6.45) is 0. The number of hydrogen-bond acceptors (Lipinski definition) is 9. The van der Waals surface area contributed by atoms with Crippen LogP contribution >= 0.6 is 0 Å². The number of nitro groups is 2. The topological polar surface area (TPSA) is 192 Å². The third-order valence-corrected chi connectivity index (χ3v) is 3.71. The van der Waals surface area contributed by atoms with Gasteiger partial charge in [-0.05, 0) is 12.1 Å². The first-order valence-corrected chi connectivity index (χ1v) is 7.56. The minimum atomic E-state index is -1.00. The summed E-state index contributed by atoms with van der Waals surface area (Å²) in [6.45, 7) is 0. The van der Waals surface area contributed by atoms with Crippen molar-refractivity contribution in [3.63, 3.8) is 0 Å². The number of nitrogens with zero attached hydrogens (tertiary/aromatic N) is 4. The number of hydrogen-bond donors (Lipinski definition) is 3. The second-order valence-corrected chi connectivity index (χ2v) is 5.43. The molecule has 0 saturated heterocycles. The standard InChI is InChI=1S/C15H11N7O6/c16-10-4-2-1-3-9(10)13-14(23)20(15(24)18-17-13)19-11-6-5-8(21(25)26)7-12(11)22(27)28/h1-7,19H,16H2,(H,18,24). The van der Waals surface area contributed by atoms with Crippen LogP contribution in [0.3, 0.4) is 0 Å². The van der Waals surface area contributed by atoms with Crippen molar-refractivity contribution < 1.29 is 9.85 Å². The van der Waals surface area contributed by atoms with Crippen molar-refractivity contribution in [3.8, 4) is 11.3 Å². The lowest BCUT2D eigenvalue weighted by atomic mass is 10.1. The summed E-state index contributed by atoms with van der Waals surface area (Å²) in [7, 11) is 0. The zero-order chi connectivity index (χ0) is 20.4. The lowest BCUT2D eigenvalue weighted by Gasteiger charge is -2.10. The predicted molar refractivity (Wildman–Crippen MR) is 97.7 cm³/mol. The van der Waals surface area contributed by atoms with Gasteiger partial charge in [0, 0.05) is 17.3 Å². The fraction of sp³-hybridized carbons (Fsp3) is 0. The lowest BCUT2D eigenvalue weighted by molar-refractivity contribution is -0.393. The highest BCUT2D eigenvalue weighted by Crippen LogP contribution is 2.28. The number of nitro benzene ring substituents is 2. The Bertz CT molecular complexity index is 1220. The number of nitrogens with one attached hydrogen (secondary N) is 2. The number of aromatic amines is 1. The fourth-order valence-electron chi connectivity index (χ4n) is 2.39. The van der Waals surface area contributed by atoms with E-state index in [0.29, 0.717) is 10.7 Å². The molecular weight excluding hydrogens is 374 g/mol. The van der Waals surface area contributed by atoms with E-state index < -0.39 is 32.5 Å². The van der Waals surface area contributed by atoms with Gasteiger partial charge in [-0.15, -0.1) is 0 Å². The molecule has 13 nitrogen and oxygen atoms in total. The molecule has 142 valence electrons. The van der Waals surface area contributed by atoms with E-state index in [0.717, 1.165) is 12.1 Å². The predicted octanol–water partition coefficient (Wildman–Crippen LogP) is 0.872. The summed E-state index contributed by atoms with van der Waals surface area (Å²) in [6, 6.07) is 9.00. The van der Waals surface area contributed by atoms with E-state index in [1.165, 1.54) is 12.1 Å². The van der Waals surface area contributed by atoms with Crippen molar-refractivity contribution in [3.05, 3.63) is 83.5 Å². The molecule has 0 fully saturated rings. The van der Waals surface area contributed by atoms with Gasteiger partial charge in [-0.2, -0.15) is 9.77 Å². The van der Waals surface area contributed by atoms with Crippen molar-refractivity contribution in [2.45, 2.75) is 0 Å². The Morgan fingerprint density at radius 1 is 1.07 bits per heavy atom. The number of non-ortho nitro benzene ring substituents is 1. The molecular formula is C15H11N7O6. The first kappa shape index (κ1) is 18.2. The first-order valence-electron chi connectivity index (χ1n) is 7.56. The number of rotatable bonds is 5. The van der Waals surface area contributed by atoms with Crippen LogP contribution in [0.25, 0.3) is 11.3 Å². The molecule has 0 bridgehead atoms. The molecule has 3 rings (SSSR count). The van der Waals surface area contributed by atoms with E-state index in [1.807, 2.05) is 0 Å². The molecule has 1 aromatic heterocycles. The van der Waals surface area contributed by atoms with Gasteiger partial charge in [-0.1, -0.05) is 18.2 Å². The number of para-hydroxylation sites is 1. The molecule has 0 unspecified atom stereocenters. The summed E-state index contributed by atoms with van der Waals surface area (Å²) in [5.41, 5.74) is 4.95. The molecule has 0 radical (unpaired) electrons. The van der Waals surface area contributed by atoms with Gasteiger partial charge < -0.3 is 5.73 Å². The van der Waals surface area contributed by atoms with Gasteiger partial charge in [-0.25, -0.2) is 9.89 Å². The molecule has 0 aliphatic rings. The van der Waals surface area contributed by atoms with E-state index in [2.05, 4.69) is 15.6 Å². The van der Waals surface area contributed by atoms with Crippen LogP contribution in [-0.2, 0) is 0 Å². The second kappa shape index (κ2) is 6.99. The number of nitrogens with two attached hydrogens (primary N) is 1. The molecule has 28 heavy (non-hydrogen) atoms. The lowest BCUT2D eigenvalue weighted by Crippen LogP contribution is -2.41. The molecule has 0 spiro atoms. The Morgan fingerprint density at radius 2 is 1.79 bits per heavy atom. The van der Waals surface area contributed by atoms with Gasteiger partial charge in [0.15, 0.2) is 5.69 Å².